The Morgan fingerprint density at radius 3 is 2.33 bits per heavy atom. The minimum Gasteiger partial charge on any atom is -0.466 e. The van der Waals surface area contributed by atoms with E-state index >= 15 is 0 Å². The van der Waals surface area contributed by atoms with Crippen molar-refractivity contribution in [2.24, 2.45) is 5.41 Å². The van der Waals surface area contributed by atoms with Crippen LogP contribution in [0.1, 0.15) is 28.8 Å². The van der Waals surface area contributed by atoms with Crippen molar-refractivity contribution in [3.05, 3.63) is 23.2 Å². The summed E-state index contributed by atoms with van der Waals surface area (Å²) in [4.78, 5) is 13.7. The van der Waals surface area contributed by atoms with Crippen LogP contribution in [0.2, 0.25) is 0 Å². The Morgan fingerprint density at radius 2 is 1.94 bits per heavy atom. The van der Waals surface area contributed by atoms with Crippen molar-refractivity contribution in [2.45, 2.75) is 20.8 Å². The van der Waals surface area contributed by atoms with E-state index < -0.39 is 5.41 Å². The molecule has 0 aliphatic heterocycles. The Hall–Kier alpha value is -1.33. The summed E-state index contributed by atoms with van der Waals surface area (Å²) >= 11 is 0. The Labute approximate surface area is 107 Å². The van der Waals surface area contributed by atoms with E-state index in [1.165, 1.54) is 4.90 Å². The third-order valence-corrected chi connectivity index (χ3v) is 3.00. The van der Waals surface area contributed by atoms with E-state index in [1.807, 2.05) is 0 Å². The van der Waals surface area contributed by atoms with Crippen molar-refractivity contribution in [1.29, 1.82) is 0 Å². The molecule has 0 unspecified atom stereocenters. The predicted octanol–water partition coefficient (Wildman–Crippen LogP) is 0.959. The maximum absolute atomic E-state index is 12.2. The van der Waals surface area contributed by atoms with Gasteiger partial charge < -0.3 is 19.5 Å². The first-order valence-electron chi connectivity index (χ1n) is 5.87. The van der Waals surface area contributed by atoms with E-state index in [9.17, 15) is 15.0 Å². The molecule has 5 nitrogen and oxygen atoms in total. The van der Waals surface area contributed by atoms with Crippen molar-refractivity contribution in [3.63, 3.8) is 0 Å². The smallest absolute Gasteiger partial charge is 0.257 e. The predicted molar refractivity (Wildman–Crippen MR) is 67.4 cm³/mol. The van der Waals surface area contributed by atoms with Crippen molar-refractivity contribution in [1.82, 2.24) is 4.90 Å². The van der Waals surface area contributed by atoms with Crippen molar-refractivity contribution < 1.29 is 19.4 Å². The van der Waals surface area contributed by atoms with Crippen molar-refractivity contribution >= 4 is 5.91 Å². The third kappa shape index (κ3) is 3.11. The van der Waals surface area contributed by atoms with E-state index in [4.69, 9.17) is 4.42 Å². The van der Waals surface area contributed by atoms with Gasteiger partial charge in [-0.15, -0.1) is 0 Å². The lowest BCUT2D eigenvalue weighted by Crippen LogP contribution is -2.41. The molecule has 0 saturated carbocycles. The van der Waals surface area contributed by atoms with Crippen molar-refractivity contribution in [3.8, 4) is 0 Å². The largest absolute Gasteiger partial charge is 0.466 e. The van der Waals surface area contributed by atoms with Crippen molar-refractivity contribution in [2.75, 3.05) is 26.8 Å². The Kier molecular flexibility index (Phi) is 4.53. The van der Waals surface area contributed by atoms with Gasteiger partial charge in [0.25, 0.3) is 5.91 Å². The molecule has 0 bridgehead atoms. The van der Waals surface area contributed by atoms with Crippen LogP contribution >= 0.6 is 0 Å². The van der Waals surface area contributed by atoms with Gasteiger partial charge in [0.2, 0.25) is 0 Å². The molecule has 18 heavy (non-hydrogen) atoms. The van der Waals surface area contributed by atoms with Crippen LogP contribution in [0.3, 0.4) is 0 Å². The maximum atomic E-state index is 12.2. The molecule has 102 valence electrons. The molecule has 0 fully saturated rings. The molecule has 0 aliphatic rings. The molecule has 0 aliphatic carbocycles. The fourth-order valence-corrected chi connectivity index (χ4v) is 1.84. The number of aliphatic hydroxyl groups excluding tert-OH is 2. The summed E-state index contributed by atoms with van der Waals surface area (Å²) in [6.07, 6.45) is 0. The summed E-state index contributed by atoms with van der Waals surface area (Å²) in [6, 6.07) is 1.70. The molecule has 1 aromatic rings. The average Bonchev–Trinajstić information content (AvgIpc) is 2.67. The fraction of sp³-hybridized carbons (Fsp3) is 0.615. The van der Waals surface area contributed by atoms with Crippen LogP contribution in [-0.4, -0.2) is 47.8 Å². The second kappa shape index (κ2) is 5.54. The number of aryl methyl sites for hydroxylation is 2. The first-order valence-corrected chi connectivity index (χ1v) is 5.87. The Morgan fingerprint density at radius 1 is 1.39 bits per heavy atom. The zero-order valence-electron chi connectivity index (χ0n) is 11.4. The minimum absolute atomic E-state index is 0.169. The lowest BCUT2D eigenvalue weighted by Gasteiger charge is -2.30. The van der Waals surface area contributed by atoms with Crippen LogP contribution in [0, 0.1) is 19.3 Å². The summed E-state index contributed by atoms with van der Waals surface area (Å²) in [6.45, 7) is 5.18. The number of furan rings is 1. The second-order valence-electron chi connectivity index (χ2n) is 5.12. The number of rotatable bonds is 5. The van der Waals surface area contributed by atoms with Gasteiger partial charge in [-0.3, -0.25) is 4.79 Å². The summed E-state index contributed by atoms with van der Waals surface area (Å²) < 4.78 is 5.32. The Balaban J connectivity index is 2.82. The van der Waals surface area contributed by atoms with Gasteiger partial charge in [0.05, 0.1) is 18.8 Å². The normalized spacial score (nSPS) is 11.7. The SMILES string of the molecule is Cc1cc(C(=O)N(C)CC(C)(CO)CO)c(C)o1. The van der Waals surface area contributed by atoms with E-state index in [-0.39, 0.29) is 25.7 Å². The van der Waals surface area contributed by atoms with Gasteiger partial charge in [-0.25, -0.2) is 0 Å². The maximum Gasteiger partial charge on any atom is 0.257 e. The van der Waals surface area contributed by atoms with Crippen LogP contribution < -0.4 is 0 Å². The fourth-order valence-electron chi connectivity index (χ4n) is 1.84. The van der Waals surface area contributed by atoms with Gasteiger partial charge >= 0.3 is 0 Å². The standard InChI is InChI=1S/C13H21NO4/c1-9-5-11(10(2)18-9)12(17)14(4)6-13(3,7-15)8-16/h5,15-16H,6-8H2,1-4H3. The zero-order valence-corrected chi connectivity index (χ0v) is 11.4. The third-order valence-electron chi connectivity index (χ3n) is 3.00. The molecule has 2 N–H and O–H groups in total. The first kappa shape index (κ1) is 14.7. The van der Waals surface area contributed by atoms with E-state index in [2.05, 4.69) is 0 Å². The summed E-state index contributed by atoms with van der Waals surface area (Å²) in [7, 11) is 1.65. The highest BCUT2D eigenvalue weighted by Crippen LogP contribution is 2.19. The highest BCUT2D eigenvalue weighted by Gasteiger charge is 2.28. The quantitative estimate of drug-likeness (QED) is 0.822. The van der Waals surface area contributed by atoms with Crippen LogP contribution in [0.25, 0.3) is 0 Å². The first-order chi connectivity index (χ1) is 8.33. The lowest BCUT2D eigenvalue weighted by atomic mass is 9.92. The molecule has 0 radical (unpaired) electrons. The highest BCUT2D eigenvalue weighted by molar-refractivity contribution is 5.95. The topological polar surface area (TPSA) is 73.9 Å². The zero-order chi connectivity index (χ0) is 13.9. The van der Waals surface area contributed by atoms with Crippen LogP contribution in [-0.2, 0) is 0 Å². The molecule has 0 atom stereocenters. The van der Waals surface area contributed by atoms with Gasteiger partial charge in [0, 0.05) is 19.0 Å². The van der Waals surface area contributed by atoms with E-state index in [1.54, 1.807) is 33.9 Å². The summed E-state index contributed by atoms with van der Waals surface area (Å²) in [5.74, 6) is 1.10. The van der Waals surface area contributed by atoms with Gasteiger partial charge in [-0.2, -0.15) is 0 Å². The Bertz CT molecular complexity index is 421. The minimum atomic E-state index is -0.697. The van der Waals surface area contributed by atoms with Crippen LogP contribution in [0.15, 0.2) is 10.5 Å². The van der Waals surface area contributed by atoms with Gasteiger partial charge in [-0.05, 0) is 19.9 Å². The van der Waals surface area contributed by atoms with E-state index in [0.717, 1.165) is 0 Å². The number of aliphatic hydroxyl groups is 2. The molecule has 1 rings (SSSR count). The molecule has 1 aromatic heterocycles. The van der Waals surface area contributed by atoms with Gasteiger partial charge in [0.1, 0.15) is 11.5 Å². The molecule has 0 aromatic carbocycles. The molecule has 1 amide bonds. The number of carbonyl (C=O) groups excluding carboxylic acids is 1. The lowest BCUT2D eigenvalue weighted by molar-refractivity contribution is 0.0365. The number of amides is 1. The van der Waals surface area contributed by atoms with E-state index in [0.29, 0.717) is 17.1 Å². The van der Waals surface area contributed by atoms with Gasteiger partial charge in [-0.1, -0.05) is 6.92 Å². The number of hydrogen-bond donors (Lipinski definition) is 2. The number of hydrogen-bond acceptors (Lipinski definition) is 4. The van der Waals surface area contributed by atoms with Gasteiger partial charge in [0.15, 0.2) is 0 Å². The molecule has 1 heterocycles. The molecule has 0 spiro atoms. The summed E-state index contributed by atoms with van der Waals surface area (Å²) in [5, 5.41) is 18.5. The molecular formula is C13H21NO4. The number of nitrogens with zero attached hydrogens (tertiary/aromatic N) is 1. The summed E-state index contributed by atoms with van der Waals surface area (Å²) in [5.41, 5.74) is -0.176. The molecule has 5 heteroatoms. The number of carbonyl (C=O) groups is 1. The molecule has 0 saturated heterocycles. The average molecular weight is 255 g/mol. The van der Waals surface area contributed by atoms with Crippen LogP contribution in [0.4, 0.5) is 0 Å². The monoisotopic (exact) mass is 255 g/mol. The highest BCUT2D eigenvalue weighted by atomic mass is 16.3. The second-order valence-corrected chi connectivity index (χ2v) is 5.12. The van der Waals surface area contributed by atoms with Crippen LogP contribution in [0.5, 0.6) is 0 Å². The molecular weight excluding hydrogens is 234 g/mol.